The van der Waals surface area contributed by atoms with Crippen molar-refractivity contribution in [2.24, 2.45) is 0 Å². The van der Waals surface area contributed by atoms with E-state index in [9.17, 15) is 0 Å². The van der Waals surface area contributed by atoms with Crippen molar-refractivity contribution in [2.75, 3.05) is 0 Å². The van der Waals surface area contributed by atoms with Crippen molar-refractivity contribution >= 4 is 0 Å². The Morgan fingerprint density at radius 2 is 0.843 bits per heavy atom. The number of pyridine rings is 2. The fourth-order valence-electron chi connectivity index (χ4n) is 7.11. The summed E-state index contributed by atoms with van der Waals surface area (Å²) in [6.45, 7) is 4.59. The van der Waals surface area contributed by atoms with Crippen molar-refractivity contribution in [1.82, 2.24) is 24.9 Å². The van der Waals surface area contributed by atoms with Crippen LogP contribution in [0.4, 0.5) is 0 Å². The summed E-state index contributed by atoms with van der Waals surface area (Å²) < 4.78 is 0. The van der Waals surface area contributed by atoms with Crippen LogP contribution in [0.15, 0.2) is 164 Å². The Morgan fingerprint density at radius 3 is 1.45 bits per heavy atom. The van der Waals surface area contributed by atoms with Crippen molar-refractivity contribution in [1.29, 1.82) is 0 Å². The maximum atomic E-state index is 5.08. The zero-order chi connectivity index (χ0) is 34.4. The molecule has 0 radical (unpaired) electrons. The minimum absolute atomic E-state index is 0.155. The number of fused-ring (bicyclic) bond motifs is 3. The Morgan fingerprint density at radius 1 is 0.373 bits per heavy atom. The first-order valence-corrected chi connectivity index (χ1v) is 17.2. The molecule has 0 unspecified atom stereocenters. The smallest absolute Gasteiger partial charge is 0.164 e. The quantitative estimate of drug-likeness (QED) is 0.178. The molecule has 3 heterocycles. The second-order valence-electron chi connectivity index (χ2n) is 13.4. The Kier molecular flexibility index (Phi) is 7.40. The summed E-state index contributed by atoms with van der Waals surface area (Å²) in [6.07, 6.45) is 3.71. The van der Waals surface area contributed by atoms with Gasteiger partial charge in [0, 0.05) is 45.6 Å². The Bertz CT molecular complexity index is 2510. The van der Waals surface area contributed by atoms with Gasteiger partial charge in [0.25, 0.3) is 0 Å². The van der Waals surface area contributed by atoms with Gasteiger partial charge in [0.2, 0.25) is 0 Å². The van der Waals surface area contributed by atoms with Gasteiger partial charge in [-0.15, -0.1) is 0 Å². The predicted octanol–water partition coefficient (Wildman–Crippen LogP) is 11.0. The van der Waals surface area contributed by atoms with Crippen molar-refractivity contribution in [2.45, 2.75) is 19.3 Å². The van der Waals surface area contributed by atoms with E-state index in [0.717, 1.165) is 44.8 Å². The third-order valence-electron chi connectivity index (χ3n) is 9.87. The summed E-state index contributed by atoms with van der Waals surface area (Å²) in [5, 5.41) is 0. The van der Waals surface area contributed by atoms with E-state index in [0.29, 0.717) is 17.5 Å². The van der Waals surface area contributed by atoms with Crippen molar-refractivity contribution in [3.8, 4) is 78.9 Å². The lowest BCUT2D eigenvalue weighted by molar-refractivity contribution is 0.660. The molecular weight excluding hydrogens is 623 g/mol. The summed E-state index contributed by atoms with van der Waals surface area (Å²) in [6, 6.07) is 52.4. The molecule has 0 atom stereocenters. The normalized spacial score (nSPS) is 12.7. The van der Waals surface area contributed by atoms with Crippen LogP contribution in [0.2, 0.25) is 0 Å². The molecule has 5 aromatic carbocycles. The van der Waals surface area contributed by atoms with E-state index in [4.69, 9.17) is 19.9 Å². The molecule has 242 valence electrons. The summed E-state index contributed by atoms with van der Waals surface area (Å²) >= 11 is 0. The average Bonchev–Trinajstić information content (AvgIpc) is 3.43. The first-order valence-electron chi connectivity index (χ1n) is 17.2. The van der Waals surface area contributed by atoms with E-state index >= 15 is 0 Å². The summed E-state index contributed by atoms with van der Waals surface area (Å²) in [5.41, 5.74) is 13.9. The van der Waals surface area contributed by atoms with Gasteiger partial charge >= 0.3 is 0 Å². The topological polar surface area (TPSA) is 64.5 Å². The second-order valence-corrected chi connectivity index (χ2v) is 13.4. The molecular formula is C46H33N5. The molecule has 9 rings (SSSR count). The van der Waals surface area contributed by atoms with Crippen LogP contribution in [0, 0.1) is 0 Å². The number of hydrogen-bond acceptors (Lipinski definition) is 5. The van der Waals surface area contributed by atoms with Gasteiger partial charge in [-0.25, -0.2) is 15.0 Å². The molecule has 0 fully saturated rings. The van der Waals surface area contributed by atoms with Crippen LogP contribution in [-0.2, 0) is 5.41 Å². The van der Waals surface area contributed by atoms with Gasteiger partial charge in [-0.05, 0) is 69.8 Å². The highest BCUT2D eigenvalue weighted by Crippen LogP contribution is 2.50. The molecule has 0 aliphatic heterocycles. The van der Waals surface area contributed by atoms with Gasteiger partial charge in [0.1, 0.15) is 0 Å². The summed E-state index contributed by atoms with van der Waals surface area (Å²) in [4.78, 5) is 24.4. The minimum atomic E-state index is -0.155. The van der Waals surface area contributed by atoms with E-state index in [-0.39, 0.29) is 5.41 Å². The van der Waals surface area contributed by atoms with E-state index in [1.807, 2.05) is 60.8 Å². The molecule has 0 saturated heterocycles. The standard InChI is InChI=1S/C46H33N5/c1-46(2)39-23-20-34(42-25-22-36(29-48-42)41-15-9-10-26-47-41)27-37(39)38-28-35(21-24-40(38)46)45-50-43(32-13-7-4-8-14-32)49-44(51-45)33-18-16-31(17-19-33)30-11-5-3-6-12-30/h3-29H,1-2H3. The second kappa shape index (κ2) is 12.4. The molecule has 0 N–H and O–H groups in total. The Balaban J connectivity index is 1.12. The van der Waals surface area contributed by atoms with Gasteiger partial charge < -0.3 is 0 Å². The SMILES string of the molecule is CC1(C)c2ccc(-c3ccc(-c4ccccn4)cn3)cc2-c2cc(-c3nc(-c4ccccc4)nc(-c4ccc(-c5ccccc5)cc4)n3)ccc21. The van der Waals surface area contributed by atoms with Gasteiger partial charge in [-0.1, -0.05) is 129 Å². The number of aromatic nitrogens is 5. The summed E-state index contributed by atoms with van der Waals surface area (Å²) in [7, 11) is 0. The van der Waals surface area contributed by atoms with Crippen LogP contribution in [-0.4, -0.2) is 24.9 Å². The zero-order valence-corrected chi connectivity index (χ0v) is 28.3. The van der Waals surface area contributed by atoms with E-state index in [2.05, 4.69) is 116 Å². The van der Waals surface area contributed by atoms with Crippen LogP contribution in [0.25, 0.3) is 78.9 Å². The average molecular weight is 656 g/mol. The minimum Gasteiger partial charge on any atom is -0.256 e. The van der Waals surface area contributed by atoms with Crippen LogP contribution in [0.3, 0.4) is 0 Å². The maximum absolute atomic E-state index is 5.08. The lowest BCUT2D eigenvalue weighted by atomic mass is 9.82. The lowest BCUT2D eigenvalue weighted by Crippen LogP contribution is -2.14. The highest BCUT2D eigenvalue weighted by molar-refractivity contribution is 5.86. The molecule has 1 aliphatic rings. The highest BCUT2D eigenvalue weighted by atomic mass is 15.0. The molecule has 5 heteroatoms. The van der Waals surface area contributed by atoms with Crippen LogP contribution in [0.1, 0.15) is 25.0 Å². The number of nitrogens with zero attached hydrogens (tertiary/aromatic N) is 5. The third kappa shape index (κ3) is 5.59. The molecule has 8 aromatic rings. The molecule has 0 bridgehead atoms. The number of hydrogen-bond donors (Lipinski definition) is 0. The van der Waals surface area contributed by atoms with Gasteiger partial charge in [0.05, 0.1) is 11.4 Å². The Labute approximate surface area is 297 Å². The van der Waals surface area contributed by atoms with Crippen molar-refractivity contribution in [3.63, 3.8) is 0 Å². The molecule has 0 amide bonds. The molecule has 0 saturated carbocycles. The predicted molar refractivity (Wildman–Crippen MR) is 206 cm³/mol. The zero-order valence-electron chi connectivity index (χ0n) is 28.3. The maximum Gasteiger partial charge on any atom is 0.164 e. The number of benzene rings is 5. The van der Waals surface area contributed by atoms with Crippen LogP contribution < -0.4 is 0 Å². The van der Waals surface area contributed by atoms with E-state index in [1.165, 1.54) is 27.8 Å². The van der Waals surface area contributed by atoms with E-state index in [1.54, 1.807) is 6.20 Å². The monoisotopic (exact) mass is 655 g/mol. The fraction of sp³-hybridized carbons (Fsp3) is 0.0652. The molecule has 1 aliphatic carbocycles. The summed E-state index contributed by atoms with van der Waals surface area (Å²) in [5.74, 6) is 1.93. The highest BCUT2D eigenvalue weighted by Gasteiger charge is 2.36. The van der Waals surface area contributed by atoms with Crippen molar-refractivity contribution in [3.05, 3.63) is 175 Å². The number of rotatable bonds is 6. The molecule has 5 nitrogen and oxygen atoms in total. The first-order chi connectivity index (χ1) is 25.0. The van der Waals surface area contributed by atoms with Gasteiger partial charge in [0.15, 0.2) is 17.5 Å². The fourth-order valence-corrected chi connectivity index (χ4v) is 7.11. The Hall–Kier alpha value is -6.59. The van der Waals surface area contributed by atoms with Gasteiger partial charge in [-0.2, -0.15) is 0 Å². The van der Waals surface area contributed by atoms with Crippen LogP contribution >= 0.6 is 0 Å². The molecule has 0 spiro atoms. The van der Waals surface area contributed by atoms with Gasteiger partial charge in [-0.3, -0.25) is 9.97 Å². The largest absolute Gasteiger partial charge is 0.256 e. The molecule has 51 heavy (non-hydrogen) atoms. The lowest BCUT2D eigenvalue weighted by Gasteiger charge is -2.21. The van der Waals surface area contributed by atoms with E-state index < -0.39 is 0 Å². The van der Waals surface area contributed by atoms with Crippen LogP contribution in [0.5, 0.6) is 0 Å². The van der Waals surface area contributed by atoms with Crippen molar-refractivity contribution < 1.29 is 0 Å². The molecule has 3 aromatic heterocycles. The first kappa shape index (κ1) is 30.5. The third-order valence-corrected chi connectivity index (χ3v) is 9.87.